The number of aromatic nitrogens is 4. The topological polar surface area (TPSA) is 111 Å². The summed E-state index contributed by atoms with van der Waals surface area (Å²) in [6.45, 7) is 17.5. The molecule has 0 aliphatic carbocycles. The van der Waals surface area contributed by atoms with Gasteiger partial charge in [-0.25, -0.2) is 0 Å². The Bertz CT molecular complexity index is 1720. The van der Waals surface area contributed by atoms with Crippen LogP contribution in [0.5, 0.6) is 5.75 Å². The van der Waals surface area contributed by atoms with Crippen LogP contribution in [0.15, 0.2) is 36.4 Å². The van der Waals surface area contributed by atoms with Gasteiger partial charge in [-0.05, 0) is 120 Å². The van der Waals surface area contributed by atoms with Gasteiger partial charge in [0.1, 0.15) is 11.6 Å². The standard InChI is InChI=1S/C38H52N8O2/c1-24(2)12-13-29-10-7-8-11-31(29)39-36-35-27(6)43-44-37(35)42-38(41-36)40-32-22-26(5)30(23-33(32)48-25(3)4)28-14-19-45(20-15-28)21-16-34(47)46-17-9-18-46/h7-8,10-11,22-25,28H,9,12-21H2,1-6H3,(H3,39,40,41,42,43,44). The van der Waals surface area contributed by atoms with Crippen molar-refractivity contribution in [3.05, 3.63) is 58.8 Å². The second-order valence-corrected chi connectivity index (χ2v) is 14.3. The molecule has 10 heteroatoms. The first kappa shape index (κ1) is 33.7. The third-order valence-corrected chi connectivity index (χ3v) is 9.71. The average molecular weight is 653 g/mol. The number of para-hydroxylation sites is 1. The van der Waals surface area contributed by atoms with Gasteiger partial charge in [0, 0.05) is 37.4 Å². The molecule has 0 atom stereocenters. The monoisotopic (exact) mass is 652 g/mol. The van der Waals surface area contributed by atoms with Crippen molar-refractivity contribution in [2.24, 2.45) is 5.92 Å². The number of H-pyrrole nitrogens is 1. The number of piperidine rings is 1. The van der Waals surface area contributed by atoms with Crippen molar-refractivity contribution in [1.82, 2.24) is 30.0 Å². The van der Waals surface area contributed by atoms with Crippen LogP contribution in [0.2, 0.25) is 0 Å². The van der Waals surface area contributed by atoms with E-state index in [2.05, 4.69) is 96.7 Å². The highest BCUT2D eigenvalue weighted by Gasteiger charge is 2.26. The Labute approximate surface area is 285 Å². The van der Waals surface area contributed by atoms with Gasteiger partial charge in [-0.2, -0.15) is 15.1 Å². The van der Waals surface area contributed by atoms with Crippen molar-refractivity contribution < 1.29 is 9.53 Å². The van der Waals surface area contributed by atoms with E-state index >= 15 is 0 Å². The summed E-state index contributed by atoms with van der Waals surface area (Å²) in [7, 11) is 0. The highest BCUT2D eigenvalue weighted by molar-refractivity contribution is 5.92. The third-order valence-electron chi connectivity index (χ3n) is 9.71. The van der Waals surface area contributed by atoms with Crippen LogP contribution in [-0.2, 0) is 11.2 Å². The minimum absolute atomic E-state index is 0.00357. The zero-order valence-corrected chi connectivity index (χ0v) is 29.5. The largest absolute Gasteiger partial charge is 0.489 e. The molecule has 3 N–H and O–H groups in total. The van der Waals surface area contributed by atoms with Crippen molar-refractivity contribution in [2.45, 2.75) is 92.1 Å². The van der Waals surface area contributed by atoms with Gasteiger partial charge in [-0.15, -0.1) is 0 Å². The minimum atomic E-state index is 0.00357. The lowest BCUT2D eigenvalue weighted by Crippen LogP contribution is -2.44. The maximum Gasteiger partial charge on any atom is 0.231 e. The molecule has 1 amide bonds. The summed E-state index contributed by atoms with van der Waals surface area (Å²) in [6, 6.07) is 12.8. The molecule has 4 heterocycles. The summed E-state index contributed by atoms with van der Waals surface area (Å²) in [4.78, 5) is 26.6. The molecule has 2 aliphatic rings. The lowest BCUT2D eigenvalue weighted by Gasteiger charge is -2.35. The molecule has 10 nitrogen and oxygen atoms in total. The number of anilines is 4. The maximum atomic E-state index is 12.4. The average Bonchev–Trinajstić information content (AvgIpc) is 3.40. The zero-order chi connectivity index (χ0) is 33.8. The number of likely N-dealkylation sites (tertiary alicyclic amines) is 2. The number of hydrogen-bond donors (Lipinski definition) is 3. The Morgan fingerprint density at radius 1 is 1.00 bits per heavy atom. The van der Waals surface area contributed by atoms with E-state index in [1.54, 1.807) is 0 Å². The minimum Gasteiger partial charge on any atom is -0.489 e. The summed E-state index contributed by atoms with van der Waals surface area (Å²) >= 11 is 0. The molecule has 2 aliphatic heterocycles. The van der Waals surface area contributed by atoms with E-state index in [-0.39, 0.29) is 6.10 Å². The second-order valence-electron chi connectivity index (χ2n) is 14.3. The molecular formula is C38H52N8O2. The number of benzene rings is 2. The van der Waals surface area contributed by atoms with Gasteiger partial charge in [0.15, 0.2) is 5.65 Å². The number of aromatic amines is 1. The van der Waals surface area contributed by atoms with Crippen molar-refractivity contribution in [3.63, 3.8) is 0 Å². The van der Waals surface area contributed by atoms with Gasteiger partial charge < -0.3 is 25.2 Å². The van der Waals surface area contributed by atoms with Crippen molar-refractivity contribution in [1.29, 1.82) is 0 Å². The number of nitrogens with zero attached hydrogens (tertiary/aromatic N) is 5. The van der Waals surface area contributed by atoms with E-state index in [1.165, 1.54) is 16.7 Å². The SMILES string of the molecule is Cc1cc(Nc2nc(Nc3ccccc3CCC(C)C)c3c(C)[nH]nc3n2)c(OC(C)C)cc1C1CCN(CCC(=O)N2CCC2)CC1. The summed E-state index contributed by atoms with van der Waals surface area (Å²) in [5.41, 5.74) is 7.20. The number of carbonyl (C=O) groups excluding carboxylic acids is 1. The van der Waals surface area contributed by atoms with E-state index in [1.807, 2.05) is 11.8 Å². The number of fused-ring (bicyclic) bond motifs is 1. The second kappa shape index (κ2) is 14.9. The van der Waals surface area contributed by atoms with Crippen LogP contribution in [0, 0.1) is 19.8 Å². The Morgan fingerprint density at radius 3 is 2.48 bits per heavy atom. The van der Waals surface area contributed by atoms with Gasteiger partial charge >= 0.3 is 0 Å². The lowest BCUT2D eigenvalue weighted by molar-refractivity contribution is -0.135. The molecule has 0 bridgehead atoms. The normalized spacial score (nSPS) is 15.7. The van der Waals surface area contributed by atoms with Crippen LogP contribution in [-0.4, -0.2) is 74.7 Å². The number of nitrogens with one attached hydrogen (secondary N) is 3. The van der Waals surface area contributed by atoms with Crippen molar-refractivity contribution in [2.75, 3.05) is 43.4 Å². The Morgan fingerprint density at radius 2 is 1.77 bits per heavy atom. The van der Waals surface area contributed by atoms with Gasteiger partial charge in [-0.3, -0.25) is 9.89 Å². The highest BCUT2D eigenvalue weighted by atomic mass is 16.5. The summed E-state index contributed by atoms with van der Waals surface area (Å²) < 4.78 is 6.40. The molecule has 2 fully saturated rings. The quantitative estimate of drug-likeness (QED) is 0.135. The fourth-order valence-corrected chi connectivity index (χ4v) is 6.80. The van der Waals surface area contributed by atoms with Crippen LogP contribution in [0.1, 0.15) is 88.1 Å². The van der Waals surface area contributed by atoms with E-state index < -0.39 is 0 Å². The van der Waals surface area contributed by atoms with Gasteiger partial charge in [0.2, 0.25) is 11.9 Å². The van der Waals surface area contributed by atoms with E-state index in [9.17, 15) is 4.79 Å². The molecule has 0 radical (unpaired) electrons. The van der Waals surface area contributed by atoms with E-state index in [4.69, 9.17) is 14.7 Å². The van der Waals surface area contributed by atoms with Gasteiger partial charge in [0.25, 0.3) is 0 Å². The number of ether oxygens (including phenoxy) is 1. The first-order chi connectivity index (χ1) is 23.1. The van der Waals surface area contributed by atoms with Crippen molar-refractivity contribution in [3.8, 4) is 5.75 Å². The number of aryl methyl sites for hydroxylation is 3. The molecule has 2 aromatic carbocycles. The molecule has 4 aromatic rings. The molecule has 256 valence electrons. The predicted molar refractivity (Wildman–Crippen MR) is 194 cm³/mol. The lowest BCUT2D eigenvalue weighted by atomic mass is 9.86. The molecule has 2 saturated heterocycles. The van der Waals surface area contributed by atoms with E-state index in [0.717, 1.165) is 93.0 Å². The highest BCUT2D eigenvalue weighted by Crippen LogP contribution is 2.39. The maximum absolute atomic E-state index is 12.4. The number of amides is 1. The molecule has 6 rings (SSSR count). The number of carbonyl (C=O) groups is 1. The smallest absolute Gasteiger partial charge is 0.231 e. The van der Waals surface area contributed by atoms with Crippen LogP contribution < -0.4 is 15.4 Å². The molecule has 0 unspecified atom stereocenters. The fraction of sp³-hybridized carbons (Fsp3) is 0.526. The van der Waals surface area contributed by atoms with Crippen LogP contribution in [0.25, 0.3) is 11.0 Å². The number of rotatable bonds is 13. The van der Waals surface area contributed by atoms with Crippen LogP contribution >= 0.6 is 0 Å². The third kappa shape index (κ3) is 7.92. The number of hydrogen-bond acceptors (Lipinski definition) is 8. The van der Waals surface area contributed by atoms with Gasteiger partial charge in [-0.1, -0.05) is 32.0 Å². The first-order valence-electron chi connectivity index (χ1n) is 17.8. The van der Waals surface area contributed by atoms with Crippen molar-refractivity contribution >= 4 is 40.1 Å². The van der Waals surface area contributed by atoms with E-state index in [0.29, 0.717) is 41.6 Å². The molecule has 0 spiro atoms. The van der Waals surface area contributed by atoms with Crippen LogP contribution in [0.3, 0.4) is 0 Å². The first-order valence-corrected chi connectivity index (χ1v) is 17.8. The Kier molecular flexibility index (Phi) is 10.5. The molecule has 48 heavy (non-hydrogen) atoms. The molecule has 2 aromatic heterocycles. The molecular weight excluding hydrogens is 600 g/mol. The van der Waals surface area contributed by atoms with Crippen LogP contribution in [0.4, 0.5) is 23.1 Å². The summed E-state index contributed by atoms with van der Waals surface area (Å²) in [5, 5.41) is 15.6. The Hall–Kier alpha value is -4.18. The molecule has 0 saturated carbocycles. The summed E-state index contributed by atoms with van der Waals surface area (Å²) in [5.74, 6) is 3.34. The predicted octanol–water partition coefficient (Wildman–Crippen LogP) is 7.63. The summed E-state index contributed by atoms with van der Waals surface area (Å²) in [6.07, 6.45) is 6.02. The Balaban J connectivity index is 1.22. The van der Waals surface area contributed by atoms with Gasteiger partial charge in [0.05, 0.1) is 17.2 Å². The fourth-order valence-electron chi connectivity index (χ4n) is 6.80. The zero-order valence-electron chi connectivity index (χ0n) is 29.5.